The Labute approximate surface area is 105 Å². The third kappa shape index (κ3) is 3.55. The Kier molecular flexibility index (Phi) is 4.42. The molecule has 1 rings (SSSR count). The van der Waals surface area contributed by atoms with Crippen LogP contribution in [0.25, 0.3) is 0 Å². The third-order valence-corrected chi connectivity index (χ3v) is 2.66. The number of esters is 1. The van der Waals surface area contributed by atoms with Gasteiger partial charge in [-0.2, -0.15) is 0 Å². The molecule has 1 aromatic rings. The number of amides is 1. The van der Waals surface area contributed by atoms with Gasteiger partial charge in [0, 0.05) is 6.92 Å². The monoisotopic (exact) mass is 253 g/mol. The molecule has 1 atom stereocenters. The van der Waals surface area contributed by atoms with Gasteiger partial charge >= 0.3 is 5.97 Å². The molecule has 1 aromatic carbocycles. The molecule has 0 spiro atoms. The van der Waals surface area contributed by atoms with Gasteiger partial charge in [-0.1, -0.05) is 12.1 Å². The minimum Gasteiger partial charge on any atom is -0.469 e. The van der Waals surface area contributed by atoms with Crippen LogP contribution in [-0.2, 0) is 19.9 Å². The van der Waals surface area contributed by atoms with Crippen LogP contribution < -0.4 is 5.32 Å². The van der Waals surface area contributed by atoms with Crippen molar-refractivity contribution in [3.8, 4) is 0 Å². The van der Waals surface area contributed by atoms with Gasteiger partial charge in [0.2, 0.25) is 5.91 Å². The summed E-state index contributed by atoms with van der Waals surface area (Å²) >= 11 is 0. The van der Waals surface area contributed by atoms with Crippen molar-refractivity contribution >= 4 is 11.9 Å². The van der Waals surface area contributed by atoms with Crippen LogP contribution in [0.1, 0.15) is 25.8 Å². The molecule has 4 nitrogen and oxygen atoms in total. The van der Waals surface area contributed by atoms with E-state index in [-0.39, 0.29) is 18.1 Å². The summed E-state index contributed by atoms with van der Waals surface area (Å²) in [5.41, 5.74) is -0.267. The molecular formula is C13H16FNO3. The molecule has 1 amide bonds. The minimum absolute atomic E-state index is 0.0191. The largest absolute Gasteiger partial charge is 0.469 e. The number of rotatable bonds is 4. The van der Waals surface area contributed by atoms with Crippen LogP contribution in [0.2, 0.25) is 0 Å². The van der Waals surface area contributed by atoms with Crippen LogP contribution >= 0.6 is 0 Å². The van der Waals surface area contributed by atoms with Crippen molar-refractivity contribution in [3.63, 3.8) is 0 Å². The number of ether oxygens (including phenoxy) is 1. The fraction of sp³-hybridized carbons (Fsp3) is 0.385. The summed E-state index contributed by atoms with van der Waals surface area (Å²) < 4.78 is 17.5. The zero-order valence-electron chi connectivity index (χ0n) is 10.6. The zero-order chi connectivity index (χ0) is 13.8. The molecule has 0 saturated heterocycles. The van der Waals surface area contributed by atoms with Crippen molar-refractivity contribution in [1.29, 1.82) is 0 Å². The molecule has 0 saturated carbocycles. The summed E-state index contributed by atoms with van der Waals surface area (Å²) in [6, 6.07) is 5.64. The standard InChI is InChI=1S/C13H16FNO3/c1-9(16)15-13(2,8-12(17)18-3)10-4-6-11(14)7-5-10/h4-7H,8H2,1-3H3,(H,15,16)/t13-/m1/s1. The maximum absolute atomic E-state index is 12.9. The average molecular weight is 253 g/mol. The molecule has 0 aromatic heterocycles. The Morgan fingerprint density at radius 2 is 1.89 bits per heavy atom. The van der Waals surface area contributed by atoms with Gasteiger partial charge in [-0.3, -0.25) is 9.59 Å². The zero-order valence-corrected chi connectivity index (χ0v) is 10.6. The summed E-state index contributed by atoms with van der Waals surface area (Å²) in [5, 5.41) is 2.70. The highest BCUT2D eigenvalue weighted by Crippen LogP contribution is 2.25. The number of carbonyl (C=O) groups is 2. The second-order valence-corrected chi connectivity index (χ2v) is 4.27. The topological polar surface area (TPSA) is 55.4 Å². The lowest BCUT2D eigenvalue weighted by molar-refractivity contribution is -0.142. The van der Waals surface area contributed by atoms with Crippen molar-refractivity contribution < 1.29 is 18.7 Å². The van der Waals surface area contributed by atoms with E-state index in [0.717, 1.165) is 0 Å². The maximum Gasteiger partial charge on any atom is 0.308 e. The second-order valence-electron chi connectivity index (χ2n) is 4.27. The number of benzene rings is 1. The number of nitrogens with one attached hydrogen (secondary N) is 1. The third-order valence-electron chi connectivity index (χ3n) is 2.66. The van der Waals surface area contributed by atoms with E-state index in [0.29, 0.717) is 5.56 Å². The number of carbonyl (C=O) groups excluding carboxylic acids is 2. The molecule has 18 heavy (non-hydrogen) atoms. The van der Waals surface area contributed by atoms with Gasteiger partial charge in [0.1, 0.15) is 5.82 Å². The first-order chi connectivity index (χ1) is 8.37. The van der Waals surface area contributed by atoms with E-state index >= 15 is 0 Å². The van der Waals surface area contributed by atoms with Crippen molar-refractivity contribution in [2.75, 3.05) is 7.11 Å². The minimum atomic E-state index is -0.910. The van der Waals surface area contributed by atoms with Gasteiger partial charge in [0.05, 0.1) is 19.1 Å². The first-order valence-electron chi connectivity index (χ1n) is 5.49. The van der Waals surface area contributed by atoms with E-state index in [1.54, 1.807) is 6.92 Å². The van der Waals surface area contributed by atoms with E-state index in [9.17, 15) is 14.0 Å². The Hall–Kier alpha value is -1.91. The van der Waals surface area contributed by atoms with E-state index in [1.807, 2.05) is 0 Å². The highest BCUT2D eigenvalue weighted by atomic mass is 19.1. The van der Waals surface area contributed by atoms with Crippen LogP contribution in [0.15, 0.2) is 24.3 Å². The number of hydrogen-bond donors (Lipinski definition) is 1. The van der Waals surface area contributed by atoms with Crippen LogP contribution in [0.4, 0.5) is 4.39 Å². The molecule has 98 valence electrons. The van der Waals surface area contributed by atoms with Gasteiger partial charge in [-0.05, 0) is 24.6 Å². The van der Waals surface area contributed by atoms with E-state index in [1.165, 1.54) is 38.3 Å². The van der Waals surface area contributed by atoms with Crippen molar-refractivity contribution in [2.45, 2.75) is 25.8 Å². The highest BCUT2D eigenvalue weighted by molar-refractivity contribution is 5.77. The summed E-state index contributed by atoms with van der Waals surface area (Å²) in [4.78, 5) is 22.6. The summed E-state index contributed by atoms with van der Waals surface area (Å²) in [6.45, 7) is 3.05. The number of hydrogen-bond acceptors (Lipinski definition) is 3. The first kappa shape index (κ1) is 14.2. The molecule has 0 aliphatic rings. The van der Waals surface area contributed by atoms with E-state index in [4.69, 9.17) is 0 Å². The van der Waals surface area contributed by atoms with Crippen LogP contribution in [-0.4, -0.2) is 19.0 Å². The van der Waals surface area contributed by atoms with Gasteiger partial charge in [-0.25, -0.2) is 4.39 Å². The average Bonchev–Trinajstić information content (AvgIpc) is 2.28. The fourth-order valence-electron chi connectivity index (χ4n) is 1.79. The smallest absolute Gasteiger partial charge is 0.308 e. The Bertz CT molecular complexity index is 444. The van der Waals surface area contributed by atoms with E-state index in [2.05, 4.69) is 10.1 Å². The Morgan fingerprint density at radius 1 is 1.33 bits per heavy atom. The summed E-state index contributed by atoms with van der Waals surface area (Å²) in [7, 11) is 1.28. The molecule has 0 unspecified atom stereocenters. The van der Waals surface area contributed by atoms with Gasteiger partial charge < -0.3 is 10.1 Å². The van der Waals surface area contributed by atoms with Crippen molar-refractivity contribution in [2.24, 2.45) is 0 Å². The van der Waals surface area contributed by atoms with Crippen molar-refractivity contribution in [3.05, 3.63) is 35.6 Å². The van der Waals surface area contributed by atoms with Crippen LogP contribution in [0, 0.1) is 5.82 Å². The fourth-order valence-corrected chi connectivity index (χ4v) is 1.79. The predicted molar refractivity (Wildman–Crippen MR) is 64.2 cm³/mol. The molecule has 0 radical (unpaired) electrons. The molecule has 1 N–H and O–H groups in total. The molecular weight excluding hydrogens is 237 g/mol. The summed E-state index contributed by atoms with van der Waals surface area (Å²) in [6.07, 6.45) is -0.0191. The van der Waals surface area contributed by atoms with Gasteiger partial charge in [0.15, 0.2) is 0 Å². The molecule has 5 heteroatoms. The van der Waals surface area contributed by atoms with Gasteiger partial charge in [0.25, 0.3) is 0 Å². The number of halogens is 1. The van der Waals surface area contributed by atoms with Crippen LogP contribution in [0.3, 0.4) is 0 Å². The van der Waals surface area contributed by atoms with Gasteiger partial charge in [-0.15, -0.1) is 0 Å². The lowest BCUT2D eigenvalue weighted by Crippen LogP contribution is -2.44. The predicted octanol–water partition coefficient (Wildman–Crippen LogP) is 1.74. The SMILES string of the molecule is COC(=O)C[C@@](C)(NC(C)=O)c1ccc(F)cc1. The second kappa shape index (κ2) is 5.62. The normalized spacial score (nSPS) is 13.6. The van der Waals surface area contributed by atoms with Crippen molar-refractivity contribution in [1.82, 2.24) is 5.32 Å². The highest BCUT2D eigenvalue weighted by Gasteiger charge is 2.31. The molecule has 0 bridgehead atoms. The first-order valence-corrected chi connectivity index (χ1v) is 5.49. The lowest BCUT2D eigenvalue weighted by Gasteiger charge is -2.30. The Morgan fingerprint density at radius 3 is 2.33 bits per heavy atom. The molecule has 0 heterocycles. The van der Waals surface area contributed by atoms with E-state index < -0.39 is 11.5 Å². The van der Waals surface area contributed by atoms with Crippen LogP contribution in [0.5, 0.6) is 0 Å². The molecule has 0 aliphatic carbocycles. The Balaban J connectivity index is 3.06. The quantitative estimate of drug-likeness (QED) is 0.831. The lowest BCUT2D eigenvalue weighted by atomic mass is 9.88. The summed E-state index contributed by atoms with van der Waals surface area (Å²) in [5.74, 6) is -1.09. The molecule has 0 aliphatic heterocycles. The number of methoxy groups -OCH3 is 1. The maximum atomic E-state index is 12.9. The molecule has 0 fully saturated rings.